The summed E-state index contributed by atoms with van der Waals surface area (Å²) < 4.78 is 9.59. The largest absolute Gasteiger partial charge is 0.479 e. The molecule has 2 aromatic rings. The summed E-state index contributed by atoms with van der Waals surface area (Å²) in [6.45, 7) is 1.91. The van der Waals surface area contributed by atoms with Crippen molar-refractivity contribution in [3.63, 3.8) is 0 Å². The Kier molecular flexibility index (Phi) is 2.86. The molecule has 0 bridgehead atoms. The molecule has 0 saturated carbocycles. The Morgan fingerprint density at radius 1 is 1.62 bits per heavy atom. The van der Waals surface area contributed by atoms with Crippen LogP contribution in [0.1, 0.15) is 15.4 Å². The van der Waals surface area contributed by atoms with Gasteiger partial charge in [0.25, 0.3) is 11.8 Å². The minimum Gasteiger partial charge on any atom is -0.479 e. The zero-order chi connectivity index (χ0) is 11.5. The second kappa shape index (κ2) is 4.31. The number of aryl methyl sites for hydroxylation is 1. The molecule has 2 rings (SSSR count). The lowest BCUT2D eigenvalue weighted by atomic mass is 10.4. The summed E-state index contributed by atoms with van der Waals surface area (Å²) in [7, 11) is 1.45. The molecule has 0 radical (unpaired) electrons. The van der Waals surface area contributed by atoms with Gasteiger partial charge >= 0.3 is 0 Å². The van der Waals surface area contributed by atoms with E-state index in [0.717, 1.165) is 4.88 Å². The first kappa shape index (κ1) is 10.6. The van der Waals surface area contributed by atoms with E-state index in [1.54, 1.807) is 6.20 Å². The number of anilines is 1. The number of nitrogens with zero attached hydrogens (tertiary/aromatic N) is 2. The fraction of sp³-hybridized carbons (Fsp3) is 0.222. The number of ether oxygens (including phenoxy) is 1. The van der Waals surface area contributed by atoms with Crippen molar-refractivity contribution in [2.75, 3.05) is 12.4 Å². The normalized spacial score (nSPS) is 10.1. The van der Waals surface area contributed by atoms with Crippen LogP contribution in [0, 0.1) is 6.92 Å². The third-order valence-corrected chi connectivity index (χ3v) is 2.59. The molecular weight excluding hydrogens is 230 g/mol. The molecule has 0 aliphatic heterocycles. The number of methoxy groups -OCH3 is 1. The summed E-state index contributed by atoms with van der Waals surface area (Å²) >= 11 is 1.39. The van der Waals surface area contributed by atoms with Gasteiger partial charge in [0.2, 0.25) is 5.76 Å². The van der Waals surface area contributed by atoms with Crippen LogP contribution in [0.4, 0.5) is 5.13 Å². The van der Waals surface area contributed by atoms with E-state index in [1.165, 1.54) is 24.5 Å². The van der Waals surface area contributed by atoms with Gasteiger partial charge in [0.15, 0.2) is 5.13 Å². The number of thiazole rings is 1. The van der Waals surface area contributed by atoms with Gasteiger partial charge in [-0.15, -0.1) is 11.3 Å². The average molecular weight is 239 g/mol. The van der Waals surface area contributed by atoms with Crippen LogP contribution in [0.5, 0.6) is 5.88 Å². The minimum absolute atomic E-state index is 0.0877. The molecule has 0 unspecified atom stereocenters. The molecule has 7 heteroatoms. The van der Waals surface area contributed by atoms with Crippen LogP contribution in [0.3, 0.4) is 0 Å². The van der Waals surface area contributed by atoms with Gasteiger partial charge in [-0.05, 0) is 12.1 Å². The SMILES string of the molecule is COc1cc(C(=O)Nc2ncc(C)s2)on1. The summed E-state index contributed by atoms with van der Waals surface area (Å²) in [5.74, 6) is -0.0460. The van der Waals surface area contributed by atoms with Gasteiger partial charge in [-0.25, -0.2) is 4.98 Å². The second-order valence-corrected chi connectivity index (χ2v) is 4.20. The molecule has 0 spiro atoms. The summed E-state index contributed by atoms with van der Waals surface area (Å²) in [5, 5.41) is 6.65. The predicted octanol–water partition coefficient (Wildman–Crippen LogP) is 1.70. The summed E-state index contributed by atoms with van der Waals surface area (Å²) in [6, 6.07) is 1.41. The molecule has 2 aromatic heterocycles. The van der Waals surface area contributed by atoms with Crippen molar-refractivity contribution < 1.29 is 14.1 Å². The van der Waals surface area contributed by atoms with Crippen LogP contribution in [-0.4, -0.2) is 23.2 Å². The molecule has 0 aliphatic rings. The van der Waals surface area contributed by atoms with E-state index in [4.69, 9.17) is 9.26 Å². The van der Waals surface area contributed by atoms with Gasteiger partial charge in [-0.3, -0.25) is 10.1 Å². The zero-order valence-electron chi connectivity index (χ0n) is 8.68. The fourth-order valence-electron chi connectivity index (χ4n) is 1.03. The van der Waals surface area contributed by atoms with Crippen LogP contribution in [-0.2, 0) is 0 Å². The first-order valence-electron chi connectivity index (χ1n) is 4.43. The van der Waals surface area contributed by atoms with Crippen molar-refractivity contribution in [2.24, 2.45) is 0 Å². The Labute approximate surface area is 95.2 Å². The number of carbonyl (C=O) groups is 1. The van der Waals surface area contributed by atoms with E-state index >= 15 is 0 Å². The highest BCUT2D eigenvalue weighted by Crippen LogP contribution is 2.18. The number of hydrogen-bond donors (Lipinski definition) is 1. The van der Waals surface area contributed by atoms with E-state index in [9.17, 15) is 4.79 Å². The zero-order valence-corrected chi connectivity index (χ0v) is 9.50. The van der Waals surface area contributed by atoms with E-state index in [2.05, 4.69) is 15.5 Å². The molecule has 84 valence electrons. The van der Waals surface area contributed by atoms with Crippen LogP contribution in [0.15, 0.2) is 16.8 Å². The van der Waals surface area contributed by atoms with E-state index in [1.807, 2.05) is 6.92 Å². The van der Waals surface area contributed by atoms with Gasteiger partial charge in [0, 0.05) is 11.1 Å². The predicted molar refractivity (Wildman–Crippen MR) is 57.9 cm³/mol. The molecule has 1 N–H and O–H groups in total. The fourth-order valence-corrected chi connectivity index (χ4v) is 1.69. The highest BCUT2D eigenvalue weighted by atomic mass is 32.1. The average Bonchev–Trinajstić information content (AvgIpc) is 2.87. The van der Waals surface area contributed by atoms with Crippen molar-refractivity contribution >= 4 is 22.4 Å². The molecule has 6 nitrogen and oxygen atoms in total. The smallest absolute Gasteiger partial charge is 0.296 e. The maximum Gasteiger partial charge on any atom is 0.296 e. The molecule has 0 aromatic carbocycles. The molecule has 0 atom stereocenters. The molecule has 16 heavy (non-hydrogen) atoms. The first-order chi connectivity index (χ1) is 7.69. The molecule has 0 fully saturated rings. The summed E-state index contributed by atoms with van der Waals surface area (Å²) in [6.07, 6.45) is 1.68. The molecule has 0 saturated heterocycles. The highest BCUT2D eigenvalue weighted by Gasteiger charge is 2.14. The molecule has 2 heterocycles. The quantitative estimate of drug-likeness (QED) is 0.882. The third kappa shape index (κ3) is 2.19. The monoisotopic (exact) mass is 239 g/mol. The molecule has 0 aliphatic carbocycles. The van der Waals surface area contributed by atoms with Crippen molar-refractivity contribution in [1.29, 1.82) is 0 Å². The lowest BCUT2D eigenvalue weighted by Gasteiger charge is -1.95. The third-order valence-electron chi connectivity index (χ3n) is 1.76. The topological polar surface area (TPSA) is 77.2 Å². The Bertz CT molecular complexity index is 506. The van der Waals surface area contributed by atoms with Crippen LogP contribution in [0.2, 0.25) is 0 Å². The molecular formula is C9H9N3O3S. The lowest BCUT2D eigenvalue weighted by Crippen LogP contribution is -2.10. The van der Waals surface area contributed by atoms with Gasteiger partial charge in [0.05, 0.1) is 13.2 Å². The van der Waals surface area contributed by atoms with Crippen LogP contribution >= 0.6 is 11.3 Å². The number of amides is 1. The lowest BCUT2D eigenvalue weighted by molar-refractivity contribution is 0.0987. The standard InChI is InChI=1S/C9H9N3O3S/c1-5-4-10-9(16-5)11-8(13)6-3-7(14-2)12-15-6/h3-4H,1-2H3,(H,10,11,13). The number of rotatable bonds is 3. The Morgan fingerprint density at radius 3 is 3.00 bits per heavy atom. The van der Waals surface area contributed by atoms with Gasteiger partial charge in [-0.2, -0.15) is 0 Å². The highest BCUT2D eigenvalue weighted by molar-refractivity contribution is 7.15. The number of carbonyl (C=O) groups excluding carboxylic acids is 1. The maximum atomic E-state index is 11.6. The Hall–Kier alpha value is -1.89. The molecule has 1 amide bonds. The number of nitrogens with one attached hydrogen (secondary N) is 1. The summed E-state index contributed by atoms with van der Waals surface area (Å²) in [4.78, 5) is 16.6. The summed E-state index contributed by atoms with van der Waals surface area (Å²) in [5.41, 5.74) is 0. The van der Waals surface area contributed by atoms with Crippen molar-refractivity contribution in [3.8, 4) is 5.88 Å². The minimum atomic E-state index is -0.398. The van der Waals surface area contributed by atoms with E-state index in [0.29, 0.717) is 5.13 Å². The van der Waals surface area contributed by atoms with Crippen molar-refractivity contribution in [2.45, 2.75) is 6.92 Å². The van der Waals surface area contributed by atoms with Gasteiger partial charge in [0.1, 0.15) is 0 Å². The van der Waals surface area contributed by atoms with Crippen LogP contribution < -0.4 is 10.1 Å². The number of aromatic nitrogens is 2. The maximum absolute atomic E-state index is 11.6. The first-order valence-corrected chi connectivity index (χ1v) is 5.25. The second-order valence-electron chi connectivity index (χ2n) is 2.96. The van der Waals surface area contributed by atoms with Crippen molar-refractivity contribution in [1.82, 2.24) is 10.1 Å². The van der Waals surface area contributed by atoms with Crippen molar-refractivity contribution in [3.05, 3.63) is 22.9 Å². The van der Waals surface area contributed by atoms with Crippen LogP contribution in [0.25, 0.3) is 0 Å². The van der Waals surface area contributed by atoms with Gasteiger partial charge < -0.3 is 9.26 Å². The van der Waals surface area contributed by atoms with Gasteiger partial charge in [-0.1, -0.05) is 0 Å². The Balaban J connectivity index is 2.08. The number of hydrogen-bond acceptors (Lipinski definition) is 6. The van der Waals surface area contributed by atoms with E-state index in [-0.39, 0.29) is 11.6 Å². The van der Waals surface area contributed by atoms with E-state index < -0.39 is 5.91 Å². The Morgan fingerprint density at radius 2 is 2.44 bits per heavy atom.